The van der Waals surface area contributed by atoms with Crippen LogP contribution in [-0.2, 0) is 6.18 Å². The first-order valence-corrected chi connectivity index (χ1v) is 11.0. The van der Waals surface area contributed by atoms with Crippen LogP contribution in [0.25, 0.3) is 43.8 Å². The van der Waals surface area contributed by atoms with Crippen molar-refractivity contribution in [2.75, 3.05) is 0 Å². The first-order valence-electron chi connectivity index (χ1n) is 11.0. The Morgan fingerprint density at radius 2 is 0.881 bits per heavy atom. The maximum atomic E-state index is 15.4. The van der Waals surface area contributed by atoms with Gasteiger partial charge < -0.3 is 0 Å². The fraction of sp³-hybridized carbons (Fsp3) is 0.0370. The topological polar surface area (TPSA) is 0 Å². The van der Waals surface area contributed by atoms with Crippen LogP contribution in [0, 0.1) is 69.8 Å². The Balaban J connectivity index is 2.17. The van der Waals surface area contributed by atoms with Gasteiger partial charge in [0, 0.05) is 27.3 Å². The van der Waals surface area contributed by atoms with Crippen LogP contribution >= 0.6 is 0 Å². The zero-order chi connectivity index (χ0) is 31.2. The third-order valence-electron chi connectivity index (χ3n) is 6.37. The highest BCUT2D eigenvalue weighted by Gasteiger charge is 2.43. The van der Waals surface area contributed by atoms with E-state index in [0.717, 1.165) is 0 Å². The molecule has 5 rings (SSSR count). The van der Waals surface area contributed by atoms with Gasteiger partial charge >= 0.3 is 6.18 Å². The van der Waals surface area contributed by atoms with Crippen LogP contribution in [-0.4, -0.2) is 0 Å². The average molecular weight is 614 g/mol. The second kappa shape index (κ2) is 9.56. The number of fused-ring (bicyclic) bond motifs is 2. The summed E-state index contributed by atoms with van der Waals surface area (Å²) in [6.45, 7) is 0. The second-order valence-corrected chi connectivity index (χ2v) is 8.68. The van der Waals surface area contributed by atoms with E-state index in [2.05, 4.69) is 0 Å². The molecule has 0 aliphatic rings. The Kier molecular flexibility index (Phi) is 6.62. The summed E-state index contributed by atoms with van der Waals surface area (Å²) in [6.07, 6.45) is -6.04. The molecule has 42 heavy (non-hydrogen) atoms. The molecule has 0 amide bonds. The lowest BCUT2D eigenvalue weighted by atomic mass is 9.84. The SMILES string of the molecule is Fc1cc(-c2c3c(F)cccc3c(-c3c(F)c(F)c(C(F)(F)F)c(F)c3F)c3c(F)c(F)c(F)c(F)c23)cc(F)c1F. The van der Waals surface area contributed by atoms with Gasteiger partial charge in [0.1, 0.15) is 11.4 Å². The lowest BCUT2D eigenvalue weighted by Crippen LogP contribution is -2.16. The summed E-state index contributed by atoms with van der Waals surface area (Å²) in [4.78, 5) is 0. The largest absolute Gasteiger partial charge is 0.422 e. The molecule has 0 saturated heterocycles. The van der Waals surface area contributed by atoms with Crippen molar-refractivity contribution in [2.24, 2.45) is 0 Å². The Morgan fingerprint density at radius 3 is 1.36 bits per heavy atom. The number of halogens is 15. The molecule has 0 nitrogen and oxygen atoms in total. The van der Waals surface area contributed by atoms with E-state index in [-0.39, 0.29) is 12.1 Å². The molecule has 0 radical (unpaired) electrons. The van der Waals surface area contributed by atoms with Crippen molar-refractivity contribution in [3.05, 3.63) is 106 Å². The van der Waals surface area contributed by atoms with Crippen molar-refractivity contribution in [3.8, 4) is 22.3 Å². The van der Waals surface area contributed by atoms with Gasteiger partial charge in [0.05, 0.1) is 5.56 Å². The highest BCUT2D eigenvalue weighted by molar-refractivity contribution is 6.22. The molecule has 0 heterocycles. The van der Waals surface area contributed by atoms with Crippen LogP contribution < -0.4 is 0 Å². The molecule has 0 aromatic heterocycles. The third kappa shape index (κ3) is 3.96. The van der Waals surface area contributed by atoms with E-state index < -0.39 is 125 Å². The molecular formula is C27H5F15. The number of alkyl halides is 3. The van der Waals surface area contributed by atoms with Gasteiger partial charge in [-0.3, -0.25) is 0 Å². The number of hydrogen-bond donors (Lipinski definition) is 0. The van der Waals surface area contributed by atoms with Gasteiger partial charge in [0.25, 0.3) is 0 Å². The van der Waals surface area contributed by atoms with E-state index >= 15 is 22.0 Å². The van der Waals surface area contributed by atoms with Crippen LogP contribution in [0.2, 0.25) is 0 Å². The Hall–Kier alpha value is -4.43. The molecule has 0 unspecified atom stereocenters. The maximum absolute atomic E-state index is 15.4. The van der Waals surface area contributed by atoms with E-state index in [9.17, 15) is 43.9 Å². The molecule has 5 aromatic rings. The van der Waals surface area contributed by atoms with Crippen LogP contribution in [0.5, 0.6) is 0 Å². The van der Waals surface area contributed by atoms with Crippen molar-refractivity contribution < 1.29 is 65.9 Å². The lowest BCUT2D eigenvalue weighted by molar-refractivity contribution is -0.143. The summed E-state index contributed by atoms with van der Waals surface area (Å²) < 4.78 is 216. The number of hydrogen-bond acceptors (Lipinski definition) is 0. The number of benzene rings is 5. The summed E-state index contributed by atoms with van der Waals surface area (Å²) in [6, 6.07) is 1.93. The highest BCUT2D eigenvalue weighted by Crippen LogP contribution is 2.50. The first kappa shape index (κ1) is 29.1. The van der Waals surface area contributed by atoms with Gasteiger partial charge in [-0.25, -0.2) is 52.7 Å². The maximum Gasteiger partial charge on any atom is 0.422 e. The molecule has 5 aromatic carbocycles. The van der Waals surface area contributed by atoms with Crippen LogP contribution in [0.3, 0.4) is 0 Å². The van der Waals surface area contributed by atoms with Crippen LogP contribution in [0.1, 0.15) is 5.56 Å². The molecule has 0 N–H and O–H groups in total. The van der Waals surface area contributed by atoms with Crippen molar-refractivity contribution in [1.82, 2.24) is 0 Å². The van der Waals surface area contributed by atoms with Crippen LogP contribution in [0.4, 0.5) is 65.9 Å². The van der Waals surface area contributed by atoms with Gasteiger partial charge in [0.2, 0.25) is 0 Å². The Labute approximate surface area is 222 Å². The summed E-state index contributed by atoms with van der Waals surface area (Å²) >= 11 is 0. The van der Waals surface area contributed by atoms with E-state index in [1.165, 1.54) is 0 Å². The van der Waals surface area contributed by atoms with Crippen molar-refractivity contribution in [1.29, 1.82) is 0 Å². The normalized spacial score (nSPS) is 12.2. The van der Waals surface area contributed by atoms with Crippen LogP contribution in [0.15, 0.2) is 30.3 Å². The molecule has 0 fully saturated rings. The standard InChI is InChI=1S/C27H5F15/c28-8-3-1-2-7-12(8)11(6-4-9(29)18(31)10(30)5-6)14-15(20(33)26(39)25(38)19(14)32)13(7)16-21(34)23(36)17(27(40,41)42)24(37)22(16)35/h1-5H. The van der Waals surface area contributed by atoms with Crippen molar-refractivity contribution in [2.45, 2.75) is 6.18 Å². The minimum atomic E-state index is -6.04. The summed E-state index contributed by atoms with van der Waals surface area (Å²) in [7, 11) is 0. The number of rotatable bonds is 2. The Morgan fingerprint density at radius 1 is 0.405 bits per heavy atom. The van der Waals surface area contributed by atoms with E-state index in [1.807, 2.05) is 0 Å². The Bertz CT molecular complexity index is 1940. The lowest BCUT2D eigenvalue weighted by Gasteiger charge is -2.21. The van der Waals surface area contributed by atoms with Gasteiger partial charge in [-0.2, -0.15) is 13.2 Å². The highest BCUT2D eigenvalue weighted by atomic mass is 19.4. The molecule has 0 aliphatic heterocycles. The molecule has 0 bridgehead atoms. The predicted octanol–water partition coefficient (Wildman–Crippen LogP) is 10.0. The average Bonchev–Trinajstić information content (AvgIpc) is 2.91. The van der Waals surface area contributed by atoms with Gasteiger partial charge in [-0.15, -0.1) is 0 Å². The summed E-state index contributed by atoms with van der Waals surface area (Å²) in [5.41, 5.74) is -9.36. The molecule has 0 saturated carbocycles. The van der Waals surface area contributed by atoms with Crippen molar-refractivity contribution in [3.63, 3.8) is 0 Å². The molecule has 15 heteroatoms. The quantitative estimate of drug-likeness (QED) is 0.0804. The molecule has 0 spiro atoms. The molecule has 218 valence electrons. The minimum Gasteiger partial charge on any atom is -0.206 e. The smallest absolute Gasteiger partial charge is 0.206 e. The minimum absolute atomic E-state index is 0.0793. The van der Waals surface area contributed by atoms with E-state index in [1.54, 1.807) is 0 Å². The monoisotopic (exact) mass is 614 g/mol. The molecular weight excluding hydrogens is 609 g/mol. The third-order valence-corrected chi connectivity index (χ3v) is 6.37. The predicted molar refractivity (Wildman–Crippen MR) is 117 cm³/mol. The van der Waals surface area contributed by atoms with E-state index in [0.29, 0.717) is 18.2 Å². The first-order chi connectivity index (χ1) is 19.5. The van der Waals surface area contributed by atoms with Gasteiger partial charge in [0.15, 0.2) is 64.0 Å². The van der Waals surface area contributed by atoms with E-state index in [4.69, 9.17) is 0 Å². The summed E-state index contributed by atoms with van der Waals surface area (Å²) in [5.74, 6) is -30.2. The zero-order valence-electron chi connectivity index (χ0n) is 19.6. The molecule has 0 aliphatic carbocycles. The fourth-order valence-corrected chi connectivity index (χ4v) is 4.70. The fourth-order valence-electron chi connectivity index (χ4n) is 4.70. The van der Waals surface area contributed by atoms with Crippen molar-refractivity contribution >= 4 is 21.5 Å². The summed E-state index contributed by atoms with van der Waals surface area (Å²) in [5, 5.41) is -5.93. The van der Waals surface area contributed by atoms with Gasteiger partial charge in [-0.05, 0) is 29.1 Å². The van der Waals surface area contributed by atoms with Gasteiger partial charge in [-0.1, -0.05) is 12.1 Å². The molecule has 0 atom stereocenters. The zero-order valence-corrected chi connectivity index (χ0v) is 19.6. The second-order valence-electron chi connectivity index (χ2n) is 8.68.